The highest BCUT2D eigenvalue weighted by Gasteiger charge is 2.22. The van der Waals surface area contributed by atoms with Gasteiger partial charge in [0, 0.05) is 94.8 Å². The van der Waals surface area contributed by atoms with Crippen molar-refractivity contribution in [3.8, 4) is 44.9 Å². The molecule has 0 aromatic heterocycles. The molecule has 0 atom stereocenters. The maximum Gasteiger partial charge on any atom is 0.203 e. The van der Waals surface area contributed by atoms with E-state index in [-0.39, 0.29) is 0 Å². The van der Waals surface area contributed by atoms with E-state index in [0.29, 0.717) is 0 Å². The first-order valence-corrected chi connectivity index (χ1v) is 22.5. The van der Waals surface area contributed by atoms with Gasteiger partial charge in [-0.05, 0) is 107 Å². The molecular weight excluding hydrogens is 763 g/mol. The Morgan fingerprint density at radius 2 is 0.871 bits per heavy atom. The lowest BCUT2D eigenvalue weighted by molar-refractivity contribution is 0.321. The van der Waals surface area contributed by atoms with Crippen LogP contribution in [-0.2, 0) is 0 Å². The molecule has 0 saturated heterocycles. The Morgan fingerprint density at radius 3 is 1.26 bits per heavy atom. The fourth-order valence-electron chi connectivity index (χ4n) is 9.08. The Labute approximate surface area is 367 Å². The lowest BCUT2D eigenvalue weighted by Gasteiger charge is -2.22. The van der Waals surface area contributed by atoms with Crippen LogP contribution in [0.15, 0.2) is 130 Å². The highest BCUT2D eigenvalue weighted by molar-refractivity contribution is 6.04. The Hall–Kier alpha value is -6.18. The summed E-state index contributed by atoms with van der Waals surface area (Å²) in [6.45, 7) is 20.6. The maximum atomic E-state index is 6.78. The second-order valence-electron chi connectivity index (χ2n) is 16.8. The summed E-state index contributed by atoms with van der Waals surface area (Å²) in [4.78, 5) is 7.16. The molecule has 0 unspecified atom stereocenters. The number of nitrogens with zero attached hydrogens (tertiary/aromatic N) is 5. The molecule has 4 aromatic rings. The van der Waals surface area contributed by atoms with Crippen LogP contribution in [0.4, 0.5) is 11.4 Å². The van der Waals surface area contributed by atoms with E-state index in [1.54, 1.807) is 0 Å². The first-order chi connectivity index (χ1) is 30.1. The monoisotopic (exact) mass is 825 g/mol. The standard InChI is InChI=1S/C55H63N5O2/c1-10-59(11-2)42-24-28-48-52(36-42)61-50-34-40(22-26-46(50)54(48)44-20-16-14-18-38(44)5)57(8)32-30-56(7)31-33-58(9)41-23-27-47-51(35-41)62-53-37-43(60(12-3)13-4)25-29-49(53)55(47)45-21-17-15-19-39(45)6/h14-29,34-37H,10-13,30-33H2,1-9H3/q+2. The van der Waals surface area contributed by atoms with E-state index < -0.39 is 0 Å². The van der Waals surface area contributed by atoms with Crippen LogP contribution in [0, 0.1) is 13.8 Å². The minimum Gasteiger partial charge on any atom is -0.456 e. The minimum absolute atomic E-state index is 0.884. The van der Waals surface area contributed by atoms with E-state index in [1.165, 1.54) is 44.8 Å². The fourth-order valence-corrected chi connectivity index (χ4v) is 9.08. The molecule has 0 bridgehead atoms. The van der Waals surface area contributed by atoms with Crippen molar-refractivity contribution in [3.05, 3.63) is 143 Å². The molecule has 318 valence electrons. The normalized spacial score (nSPS) is 12.8. The average molecular weight is 826 g/mol. The van der Waals surface area contributed by atoms with Gasteiger partial charge >= 0.3 is 0 Å². The average Bonchev–Trinajstić information content (AvgIpc) is 3.29. The Kier molecular flexibility index (Phi) is 12.6. The highest BCUT2D eigenvalue weighted by atomic mass is 16.3. The van der Waals surface area contributed by atoms with Crippen molar-refractivity contribution in [1.29, 1.82) is 0 Å². The number of likely N-dealkylation sites (N-methyl/N-ethyl adjacent to an activating group) is 3. The second-order valence-corrected chi connectivity index (χ2v) is 16.8. The second kappa shape index (κ2) is 18.4. The zero-order valence-electron chi connectivity index (χ0n) is 38.3. The molecule has 7 nitrogen and oxygen atoms in total. The molecular formula is C55H63N5O2+2. The van der Waals surface area contributed by atoms with Gasteiger partial charge < -0.3 is 18.6 Å². The van der Waals surface area contributed by atoms with E-state index in [4.69, 9.17) is 8.83 Å². The summed E-state index contributed by atoms with van der Waals surface area (Å²) in [5.74, 6) is 1.80. The van der Waals surface area contributed by atoms with Crippen molar-refractivity contribution >= 4 is 33.3 Å². The number of hydrogen-bond acceptors (Lipinski definition) is 5. The zero-order valence-corrected chi connectivity index (χ0v) is 38.3. The van der Waals surface area contributed by atoms with E-state index in [9.17, 15) is 0 Å². The summed E-state index contributed by atoms with van der Waals surface area (Å²) in [5.41, 5.74) is 13.9. The smallest absolute Gasteiger partial charge is 0.203 e. The predicted octanol–water partition coefficient (Wildman–Crippen LogP) is 10.5. The van der Waals surface area contributed by atoms with E-state index in [0.717, 1.165) is 108 Å². The maximum absolute atomic E-state index is 6.78. The molecule has 0 amide bonds. The summed E-state index contributed by atoms with van der Waals surface area (Å²) < 4.78 is 18.2. The third-order valence-corrected chi connectivity index (χ3v) is 13.0. The Bertz CT molecular complexity index is 2750. The van der Waals surface area contributed by atoms with Crippen LogP contribution in [0.1, 0.15) is 38.8 Å². The molecule has 4 aliphatic rings. The molecule has 0 radical (unpaired) electrons. The number of hydrogen-bond donors (Lipinski definition) is 0. The molecule has 2 aliphatic heterocycles. The summed E-state index contributed by atoms with van der Waals surface area (Å²) in [6, 6.07) is 44.1. The molecule has 4 aromatic carbocycles. The van der Waals surface area contributed by atoms with Crippen molar-refractivity contribution in [2.45, 2.75) is 41.5 Å². The number of benzene rings is 6. The minimum atomic E-state index is 0.884. The molecule has 8 rings (SSSR count). The van der Waals surface area contributed by atoms with Crippen LogP contribution in [0.3, 0.4) is 0 Å². The van der Waals surface area contributed by atoms with Crippen molar-refractivity contribution in [2.75, 3.05) is 83.3 Å². The zero-order chi connectivity index (χ0) is 43.5. The molecule has 0 N–H and O–H groups in total. The Morgan fingerprint density at radius 1 is 0.468 bits per heavy atom. The van der Waals surface area contributed by atoms with Crippen LogP contribution >= 0.6 is 0 Å². The van der Waals surface area contributed by atoms with Crippen LogP contribution in [0.5, 0.6) is 0 Å². The summed E-state index contributed by atoms with van der Waals surface area (Å²) in [5, 5.41) is 4.56. The SMILES string of the molecule is CCN(CC)c1ccc2c(-c3ccccc3C)c3ccc(=[N+](C)CCN(C)CC[N+](C)=c4ccc5c(-c6ccccc6C)c6ccc(N(CC)CC)cc6oc-5c4)cc-3oc2c1. The van der Waals surface area contributed by atoms with E-state index >= 15 is 0 Å². The van der Waals surface area contributed by atoms with Gasteiger partial charge in [0.25, 0.3) is 0 Å². The van der Waals surface area contributed by atoms with Crippen molar-refractivity contribution < 1.29 is 8.83 Å². The van der Waals surface area contributed by atoms with Gasteiger partial charge in [0.1, 0.15) is 36.8 Å². The quantitative estimate of drug-likeness (QED) is 0.0807. The highest BCUT2D eigenvalue weighted by Crippen LogP contribution is 2.43. The summed E-state index contributed by atoms with van der Waals surface area (Å²) in [6.07, 6.45) is 0. The van der Waals surface area contributed by atoms with Crippen LogP contribution in [0.2, 0.25) is 0 Å². The summed E-state index contributed by atoms with van der Waals surface area (Å²) in [7, 11) is 6.58. The number of rotatable bonds is 14. The number of fused-ring (bicyclic) bond motifs is 4. The van der Waals surface area contributed by atoms with Crippen molar-refractivity contribution in [1.82, 2.24) is 14.1 Å². The third kappa shape index (κ3) is 8.38. The Balaban J connectivity index is 1.06. The van der Waals surface area contributed by atoms with Crippen molar-refractivity contribution in [3.63, 3.8) is 0 Å². The fraction of sp³-hybridized carbons (Fsp3) is 0.309. The third-order valence-electron chi connectivity index (χ3n) is 13.0. The van der Waals surface area contributed by atoms with Crippen LogP contribution in [-0.4, -0.2) is 78.4 Å². The molecule has 0 saturated carbocycles. The molecule has 2 aliphatic carbocycles. The molecule has 0 spiro atoms. The lowest BCUT2D eigenvalue weighted by atomic mass is 9.91. The topological polar surface area (TPSA) is 42.0 Å². The van der Waals surface area contributed by atoms with Gasteiger partial charge in [-0.15, -0.1) is 0 Å². The van der Waals surface area contributed by atoms with Crippen LogP contribution < -0.4 is 29.7 Å². The van der Waals surface area contributed by atoms with Gasteiger partial charge in [0.2, 0.25) is 10.7 Å². The van der Waals surface area contributed by atoms with Gasteiger partial charge in [0.05, 0.1) is 25.2 Å². The van der Waals surface area contributed by atoms with Gasteiger partial charge in [-0.2, -0.15) is 0 Å². The van der Waals surface area contributed by atoms with Gasteiger partial charge in [-0.3, -0.25) is 4.90 Å². The summed E-state index contributed by atoms with van der Waals surface area (Å²) >= 11 is 0. The number of aryl methyl sites for hydroxylation is 2. The first-order valence-electron chi connectivity index (χ1n) is 22.5. The van der Waals surface area contributed by atoms with Crippen molar-refractivity contribution in [2.24, 2.45) is 0 Å². The van der Waals surface area contributed by atoms with Gasteiger partial charge in [-0.25, -0.2) is 9.15 Å². The first kappa shape index (κ1) is 42.5. The molecule has 0 fully saturated rings. The van der Waals surface area contributed by atoms with Gasteiger partial charge in [-0.1, -0.05) is 48.5 Å². The molecule has 2 heterocycles. The van der Waals surface area contributed by atoms with Gasteiger partial charge in [0.15, 0.2) is 13.1 Å². The molecule has 7 heteroatoms. The van der Waals surface area contributed by atoms with E-state index in [1.807, 2.05) is 0 Å². The largest absolute Gasteiger partial charge is 0.456 e. The lowest BCUT2D eigenvalue weighted by Crippen LogP contribution is -2.38. The molecule has 62 heavy (non-hydrogen) atoms. The van der Waals surface area contributed by atoms with E-state index in [2.05, 4.69) is 208 Å². The number of anilines is 2. The van der Waals surface area contributed by atoms with Crippen LogP contribution in [0.25, 0.3) is 66.8 Å². The predicted molar refractivity (Wildman–Crippen MR) is 263 cm³/mol.